The van der Waals surface area contributed by atoms with Crippen molar-refractivity contribution in [3.05, 3.63) is 54.2 Å². The summed E-state index contributed by atoms with van der Waals surface area (Å²) < 4.78 is 11.1. The van der Waals surface area contributed by atoms with Crippen LogP contribution < -0.4 is 14.9 Å². The van der Waals surface area contributed by atoms with E-state index in [1.165, 1.54) is 0 Å². The molecule has 0 saturated heterocycles. The van der Waals surface area contributed by atoms with Crippen LogP contribution in [-0.4, -0.2) is 29.1 Å². The Morgan fingerprint density at radius 3 is 2.83 bits per heavy atom. The predicted molar refractivity (Wildman–Crippen MR) is 92.8 cm³/mol. The Hall–Kier alpha value is -3.15. The van der Waals surface area contributed by atoms with Crippen LogP contribution >= 0.6 is 0 Å². The summed E-state index contributed by atoms with van der Waals surface area (Å²) in [6.07, 6.45) is 1.73. The minimum absolute atomic E-state index is 0.566. The summed E-state index contributed by atoms with van der Waals surface area (Å²) in [4.78, 5) is 0. The van der Waals surface area contributed by atoms with Gasteiger partial charge in [0, 0.05) is 16.3 Å². The lowest BCUT2D eigenvalue weighted by molar-refractivity contribution is 0.171. The fraction of sp³-hybridized carbons (Fsp3) is 0.167. The molecule has 6 heteroatoms. The molecule has 0 fully saturated rings. The molecule has 0 bridgehead atoms. The van der Waals surface area contributed by atoms with Gasteiger partial charge in [0.05, 0.1) is 11.9 Å². The molecule has 4 rings (SSSR count). The number of fused-ring (bicyclic) bond motifs is 2. The zero-order chi connectivity index (χ0) is 16.4. The fourth-order valence-corrected chi connectivity index (χ4v) is 2.58. The Bertz CT molecular complexity index is 919. The minimum atomic E-state index is 0.566. The third-order valence-corrected chi connectivity index (χ3v) is 3.86. The predicted octanol–water partition coefficient (Wildman–Crippen LogP) is 3.24. The Labute approximate surface area is 139 Å². The molecule has 0 aliphatic carbocycles. The minimum Gasteiger partial charge on any atom is -0.486 e. The zero-order valence-electron chi connectivity index (χ0n) is 13.2. The van der Waals surface area contributed by atoms with Gasteiger partial charge in [-0.3, -0.25) is 5.43 Å². The van der Waals surface area contributed by atoms with Crippen molar-refractivity contribution < 1.29 is 9.47 Å². The smallest absolute Gasteiger partial charge is 0.176 e. The van der Waals surface area contributed by atoms with Crippen LogP contribution in [0.5, 0.6) is 11.5 Å². The van der Waals surface area contributed by atoms with Crippen LogP contribution in [0.25, 0.3) is 10.8 Å². The number of nitrogens with zero attached hydrogens (tertiary/aromatic N) is 3. The Morgan fingerprint density at radius 2 is 1.92 bits per heavy atom. The Kier molecular flexibility index (Phi) is 3.70. The van der Waals surface area contributed by atoms with Crippen LogP contribution in [0, 0.1) is 0 Å². The number of benzene rings is 2. The van der Waals surface area contributed by atoms with Gasteiger partial charge in [0.15, 0.2) is 17.3 Å². The van der Waals surface area contributed by atoms with Crippen molar-refractivity contribution >= 4 is 22.3 Å². The van der Waals surface area contributed by atoms with Crippen molar-refractivity contribution in [2.24, 2.45) is 5.10 Å². The maximum Gasteiger partial charge on any atom is 0.176 e. The highest BCUT2D eigenvalue weighted by molar-refractivity contribution is 6.00. The molecule has 1 aliphatic heterocycles. The molecule has 1 aromatic heterocycles. The van der Waals surface area contributed by atoms with Gasteiger partial charge in [0.1, 0.15) is 13.2 Å². The summed E-state index contributed by atoms with van der Waals surface area (Å²) in [5.74, 6) is 2.15. The van der Waals surface area contributed by atoms with Crippen LogP contribution in [0.3, 0.4) is 0 Å². The molecule has 3 aromatic rings. The van der Waals surface area contributed by atoms with Crippen molar-refractivity contribution in [3.8, 4) is 11.5 Å². The van der Waals surface area contributed by atoms with E-state index in [9.17, 15) is 0 Å². The molecule has 6 nitrogen and oxygen atoms in total. The van der Waals surface area contributed by atoms with E-state index < -0.39 is 0 Å². The third-order valence-electron chi connectivity index (χ3n) is 3.86. The van der Waals surface area contributed by atoms with E-state index in [1.807, 2.05) is 49.4 Å². The number of hydrazone groups is 1. The highest BCUT2D eigenvalue weighted by Crippen LogP contribution is 2.31. The monoisotopic (exact) mass is 320 g/mol. The summed E-state index contributed by atoms with van der Waals surface area (Å²) in [7, 11) is 0. The van der Waals surface area contributed by atoms with Crippen LogP contribution in [0.15, 0.2) is 53.8 Å². The van der Waals surface area contributed by atoms with Crippen LogP contribution in [0.1, 0.15) is 12.5 Å². The number of rotatable bonds is 3. The van der Waals surface area contributed by atoms with E-state index in [0.717, 1.165) is 33.5 Å². The van der Waals surface area contributed by atoms with Crippen molar-refractivity contribution in [2.45, 2.75) is 6.92 Å². The molecule has 0 spiro atoms. The van der Waals surface area contributed by atoms with Gasteiger partial charge in [-0.2, -0.15) is 10.2 Å². The van der Waals surface area contributed by atoms with Crippen LogP contribution in [0.2, 0.25) is 0 Å². The van der Waals surface area contributed by atoms with Crippen LogP contribution in [0.4, 0.5) is 5.82 Å². The van der Waals surface area contributed by atoms with Crippen molar-refractivity contribution in [2.75, 3.05) is 18.6 Å². The van der Waals surface area contributed by atoms with Crippen LogP contribution in [-0.2, 0) is 0 Å². The largest absolute Gasteiger partial charge is 0.486 e. The van der Waals surface area contributed by atoms with E-state index in [1.54, 1.807) is 6.20 Å². The molecule has 0 amide bonds. The Morgan fingerprint density at radius 1 is 1.08 bits per heavy atom. The van der Waals surface area contributed by atoms with Gasteiger partial charge in [-0.15, -0.1) is 5.10 Å². The first-order valence-corrected chi connectivity index (χ1v) is 7.72. The third kappa shape index (κ3) is 2.74. The summed E-state index contributed by atoms with van der Waals surface area (Å²) >= 11 is 0. The molecule has 0 radical (unpaired) electrons. The topological polar surface area (TPSA) is 68.6 Å². The molecule has 24 heavy (non-hydrogen) atoms. The second-order valence-electron chi connectivity index (χ2n) is 5.45. The van der Waals surface area contributed by atoms with Crippen molar-refractivity contribution in [1.29, 1.82) is 0 Å². The number of anilines is 1. The van der Waals surface area contributed by atoms with Gasteiger partial charge >= 0.3 is 0 Å². The number of ether oxygens (including phenoxy) is 2. The van der Waals surface area contributed by atoms with E-state index in [2.05, 4.69) is 20.7 Å². The molecule has 120 valence electrons. The van der Waals surface area contributed by atoms with Gasteiger partial charge in [-0.25, -0.2) is 0 Å². The normalized spacial score (nSPS) is 13.8. The molecular formula is C18H16N4O2. The fourth-order valence-electron chi connectivity index (χ4n) is 2.58. The zero-order valence-corrected chi connectivity index (χ0v) is 13.2. The maximum absolute atomic E-state index is 5.61. The first kappa shape index (κ1) is 14.4. The number of hydrogen-bond acceptors (Lipinski definition) is 6. The van der Waals surface area contributed by atoms with Gasteiger partial charge in [-0.1, -0.05) is 24.3 Å². The standard InChI is InChI=1S/C18H16N4O2/c1-12(13-6-7-16-17(10-13)24-9-8-23-16)20-22-18-15-5-3-2-4-14(15)11-19-21-18/h2-7,10-11H,8-9H2,1H3,(H,21,22)/b20-12+. The van der Waals surface area contributed by atoms with Gasteiger partial charge < -0.3 is 9.47 Å². The summed E-state index contributed by atoms with van der Waals surface area (Å²) in [5.41, 5.74) is 4.79. The number of aromatic nitrogens is 2. The first-order valence-electron chi connectivity index (χ1n) is 7.72. The maximum atomic E-state index is 5.61. The molecule has 0 atom stereocenters. The highest BCUT2D eigenvalue weighted by atomic mass is 16.6. The summed E-state index contributed by atoms with van der Waals surface area (Å²) in [6.45, 7) is 3.08. The number of hydrogen-bond donors (Lipinski definition) is 1. The lowest BCUT2D eigenvalue weighted by atomic mass is 10.1. The van der Waals surface area contributed by atoms with E-state index in [-0.39, 0.29) is 0 Å². The van der Waals surface area contributed by atoms with E-state index in [4.69, 9.17) is 9.47 Å². The lowest BCUT2D eigenvalue weighted by Crippen LogP contribution is -2.15. The summed E-state index contributed by atoms with van der Waals surface area (Å²) in [6, 6.07) is 13.7. The quantitative estimate of drug-likeness (QED) is 0.593. The van der Waals surface area contributed by atoms with Crippen molar-refractivity contribution in [3.63, 3.8) is 0 Å². The molecule has 0 unspecified atom stereocenters. The second kappa shape index (κ2) is 6.16. The van der Waals surface area contributed by atoms with Crippen molar-refractivity contribution in [1.82, 2.24) is 10.2 Å². The SMILES string of the molecule is C/C(=N\Nc1nncc2ccccc12)c1ccc2c(c1)OCCO2. The van der Waals surface area contributed by atoms with Gasteiger partial charge in [0.25, 0.3) is 0 Å². The number of nitrogens with one attached hydrogen (secondary N) is 1. The lowest BCUT2D eigenvalue weighted by Gasteiger charge is -2.18. The molecule has 2 aromatic carbocycles. The Balaban J connectivity index is 1.61. The van der Waals surface area contributed by atoms with Gasteiger partial charge in [-0.05, 0) is 25.1 Å². The molecule has 2 heterocycles. The second-order valence-corrected chi connectivity index (χ2v) is 5.45. The van der Waals surface area contributed by atoms with E-state index >= 15 is 0 Å². The highest BCUT2D eigenvalue weighted by Gasteiger charge is 2.12. The average molecular weight is 320 g/mol. The molecule has 1 N–H and O–H groups in total. The summed E-state index contributed by atoms with van der Waals surface area (Å²) in [5, 5.41) is 14.6. The van der Waals surface area contributed by atoms with Gasteiger partial charge in [0.2, 0.25) is 0 Å². The first-order chi connectivity index (χ1) is 11.8. The molecule has 1 aliphatic rings. The molecule has 0 saturated carbocycles. The average Bonchev–Trinajstić information content (AvgIpc) is 2.65. The molecular weight excluding hydrogens is 304 g/mol. The van der Waals surface area contributed by atoms with E-state index in [0.29, 0.717) is 19.0 Å².